The van der Waals surface area contributed by atoms with Gasteiger partial charge in [0, 0.05) is 6.54 Å². The van der Waals surface area contributed by atoms with Gasteiger partial charge in [-0.1, -0.05) is 0 Å². The molecule has 19 heavy (non-hydrogen) atoms. The fraction of sp³-hybridized carbons (Fsp3) is 0.462. The molecule has 0 amide bonds. The second kappa shape index (κ2) is 4.45. The molecule has 2 aromatic heterocycles. The predicted molar refractivity (Wildman–Crippen MR) is 74.3 cm³/mol. The Kier molecular flexibility index (Phi) is 2.89. The zero-order valence-electron chi connectivity index (χ0n) is 10.9. The second-order valence-electron chi connectivity index (χ2n) is 4.94. The number of nitrogens with one attached hydrogen (secondary N) is 1. The highest BCUT2D eigenvalue weighted by atomic mass is 32.1. The largest absolute Gasteiger partial charge is 0.469 e. The van der Waals surface area contributed by atoms with E-state index in [1.165, 1.54) is 7.11 Å². The number of ether oxygens (including phenoxy) is 1. The van der Waals surface area contributed by atoms with Crippen LogP contribution in [0.2, 0.25) is 0 Å². The number of thiophene rings is 1. The first-order valence-corrected chi connectivity index (χ1v) is 7.05. The van der Waals surface area contributed by atoms with Crippen LogP contribution >= 0.6 is 11.3 Å². The lowest BCUT2D eigenvalue weighted by Gasteiger charge is -2.14. The number of methoxy groups -OCH3 is 1. The van der Waals surface area contributed by atoms with Crippen molar-refractivity contribution in [3.63, 3.8) is 0 Å². The Morgan fingerprint density at radius 1 is 1.53 bits per heavy atom. The van der Waals surface area contributed by atoms with Gasteiger partial charge in [0.25, 0.3) is 0 Å². The van der Waals surface area contributed by atoms with Crippen LogP contribution in [0.15, 0.2) is 11.7 Å². The average molecular weight is 277 g/mol. The monoisotopic (exact) mass is 277 g/mol. The average Bonchev–Trinajstić information content (AvgIpc) is 3.14. The summed E-state index contributed by atoms with van der Waals surface area (Å²) in [6.07, 6.45) is 3.32. The van der Waals surface area contributed by atoms with E-state index in [-0.39, 0.29) is 11.4 Å². The van der Waals surface area contributed by atoms with Crippen LogP contribution in [0.4, 0.5) is 5.82 Å². The Balaban J connectivity index is 1.81. The zero-order valence-corrected chi connectivity index (χ0v) is 11.7. The fourth-order valence-electron chi connectivity index (χ4n) is 2.17. The van der Waals surface area contributed by atoms with E-state index in [1.807, 2.05) is 6.92 Å². The molecule has 0 unspecified atom stereocenters. The van der Waals surface area contributed by atoms with Crippen molar-refractivity contribution in [2.24, 2.45) is 5.41 Å². The molecule has 0 aliphatic heterocycles. The molecule has 0 atom stereocenters. The van der Waals surface area contributed by atoms with Gasteiger partial charge in [0.2, 0.25) is 0 Å². The van der Waals surface area contributed by atoms with Gasteiger partial charge in [-0.05, 0) is 30.7 Å². The SMILES string of the molecule is COC(=O)C1(CNc2ncnc3c(C)csc23)CC1. The third-order valence-corrected chi connectivity index (χ3v) is 4.69. The van der Waals surface area contributed by atoms with Crippen molar-refractivity contribution in [2.75, 3.05) is 19.0 Å². The molecule has 1 fully saturated rings. The van der Waals surface area contributed by atoms with Crippen molar-refractivity contribution in [3.8, 4) is 0 Å². The zero-order chi connectivity index (χ0) is 13.5. The minimum Gasteiger partial charge on any atom is -0.469 e. The number of esters is 1. The van der Waals surface area contributed by atoms with E-state index in [2.05, 4.69) is 20.7 Å². The number of hydrogen-bond acceptors (Lipinski definition) is 6. The molecular formula is C13H15N3O2S. The van der Waals surface area contributed by atoms with E-state index in [1.54, 1.807) is 17.7 Å². The standard InChI is InChI=1S/C13H15N3O2S/c1-8-5-19-10-9(8)15-7-16-11(10)14-6-13(3-4-13)12(17)18-2/h5,7H,3-4,6H2,1-2H3,(H,14,15,16). The summed E-state index contributed by atoms with van der Waals surface area (Å²) in [5, 5.41) is 5.34. The van der Waals surface area contributed by atoms with Gasteiger partial charge < -0.3 is 10.1 Å². The van der Waals surface area contributed by atoms with E-state index >= 15 is 0 Å². The number of anilines is 1. The van der Waals surface area contributed by atoms with Gasteiger partial charge in [-0.2, -0.15) is 0 Å². The molecule has 3 rings (SSSR count). The second-order valence-corrected chi connectivity index (χ2v) is 5.82. The van der Waals surface area contributed by atoms with Gasteiger partial charge in [-0.15, -0.1) is 11.3 Å². The van der Waals surface area contributed by atoms with Crippen LogP contribution in [0.25, 0.3) is 10.2 Å². The third-order valence-electron chi connectivity index (χ3n) is 3.60. The molecule has 1 aliphatic carbocycles. The Morgan fingerprint density at radius 2 is 2.32 bits per heavy atom. The lowest BCUT2D eigenvalue weighted by Crippen LogP contribution is -2.26. The summed E-state index contributed by atoms with van der Waals surface area (Å²) in [5.74, 6) is 0.672. The number of carbonyl (C=O) groups is 1. The quantitative estimate of drug-likeness (QED) is 0.869. The van der Waals surface area contributed by atoms with E-state index in [9.17, 15) is 4.79 Å². The Bertz CT molecular complexity index is 634. The van der Waals surface area contributed by atoms with Crippen molar-refractivity contribution in [1.29, 1.82) is 0 Å². The number of carbonyl (C=O) groups excluding carboxylic acids is 1. The molecule has 100 valence electrons. The Morgan fingerprint density at radius 3 is 3.00 bits per heavy atom. The summed E-state index contributed by atoms with van der Waals surface area (Å²) >= 11 is 1.62. The molecule has 2 aromatic rings. The number of nitrogens with zero attached hydrogens (tertiary/aromatic N) is 2. The third kappa shape index (κ3) is 2.06. The normalized spacial score (nSPS) is 16.3. The Hall–Kier alpha value is -1.69. The lowest BCUT2D eigenvalue weighted by atomic mass is 10.1. The van der Waals surface area contributed by atoms with Crippen molar-refractivity contribution < 1.29 is 9.53 Å². The van der Waals surface area contributed by atoms with Crippen LogP contribution in [-0.2, 0) is 9.53 Å². The van der Waals surface area contributed by atoms with Crippen LogP contribution in [0.3, 0.4) is 0 Å². The number of aryl methyl sites for hydroxylation is 1. The van der Waals surface area contributed by atoms with Crippen LogP contribution in [0.5, 0.6) is 0 Å². The van der Waals surface area contributed by atoms with Crippen molar-refractivity contribution in [1.82, 2.24) is 9.97 Å². The maximum Gasteiger partial charge on any atom is 0.313 e. The molecule has 0 aromatic carbocycles. The van der Waals surface area contributed by atoms with Crippen LogP contribution in [-0.4, -0.2) is 29.6 Å². The van der Waals surface area contributed by atoms with Crippen LogP contribution in [0.1, 0.15) is 18.4 Å². The number of rotatable bonds is 4. The maximum absolute atomic E-state index is 11.7. The molecule has 2 heterocycles. The molecule has 0 radical (unpaired) electrons. The van der Waals surface area contributed by atoms with Gasteiger partial charge >= 0.3 is 5.97 Å². The summed E-state index contributed by atoms with van der Waals surface area (Å²) < 4.78 is 5.89. The minimum absolute atomic E-state index is 0.132. The number of hydrogen-bond donors (Lipinski definition) is 1. The Labute approximate surface area is 115 Å². The lowest BCUT2D eigenvalue weighted by molar-refractivity contribution is -0.146. The van der Waals surface area contributed by atoms with Crippen LogP contribution < -0.4 is 5.32 Å². The molecule has 0 saturated heterocycles. The molecule has 5 nitrogen and oxygen atoms in total. The highest BCUT2D eigenvalue weighted by Gasteiger charge is 2.51. The molecular weight excluding hydrogens is 262 g/mol. The van der Waals surface area contributed by atoms with Gasteiger partial charge in [0.05, 0.1) is 22.7 Å². The molecule has 0 spiro atoms. The maximum atomic E-state index is 11.7. The molecule has 1 aliphatic rings. The van der Waals surface area contributed by atoms with E-state index < -0.39 is 0 Å². The van der Waals surface area contributed by atoms with Gasteiger partial charge in [0.15, 0.2) is 0 Å². The summed E-state index contributed by atoms with van der Waals surface area (Å²) in [6, 6.07) is 0. The summed E-state index contributed by atoms with van der Waals surface area (Å²) in [4.78, 5) is 20.2. The van der Waals surface area contributed by atoms with Crippen molar-refractivity contribution >= 4 is 33.3 Å². The smallest absolute Gasteiger partial charge is 0.313 e. The van der Waals surface area contributed by atoms with E-state index in [4.69, 9.17) is 4.74 Å². The van der Waals surface area contributed by atoms with E-state index in [0.717, 1.165) is 34.4 Å². The highest BCUT2D eigenvalue weighted by molar-refractivity contribution is 7.18. The molecule has 6 heteroatoms. The topological polar surface area (TPSA) is 64.1 Å². The van der Waals surface area contributed by atoms with Gasteiger partial charge in [0.1, 0.15) is 12.1 Å². The minimum atomic E-state index is -0.349. The molecule has 1 N–H and O–H groups in total. The highest BCUT2D eigenvalue weighted by Crippen LogP contribution is 2.46. The van der Waals surface area contributed by atoms with Gasteiger partial charge in [-0.3, -0.25) is 4.79 Å². The number of fused-ring (bicyclic) bond motifs is 1. The first-order valence-electron chi connectivity index (χ1n) is 6.17. The summed E-state index contributed by atoms with van der Waals surface area (Å²) in [5.41, 5.74) is 1.78. The van der Waals surface area contributed by atoms with Crippen LogP contribution in [0, 0.1) is 12.3 Å². The van der Waals surface area contributed by atoms with Crippen molar-refractivity contribution in [2.45, 2.75) is 19.8 Å². The summed E-state index contributed by atoms with van der Waals surface area (Å²) in [7, 11) is 1.44. The van der Waals surface area contributed by atoms with Gasteiger partial charge in [-0.25, -0.2) is 9.97 Å². The first kappa shape index (κ1) is 12.3. The van der Waals surface area contributed by atoms with E-state index in [0.29, 0.717) is 6.54 Å². The fourth-order valence-corrected chi connectivity index (χ4v) is 3.14. The molecule has 1 saturated carbocycles. The first-order chi connectivity index (χ1) is 9.16. The predicted octanol–water partition coefficient (Wildman–Crippen LogP) is 2.36. The van der Waals surface area contributed by atoms with Crippen molar-refractivity contribution in [3.05, 3.63) is 17.3 Å². The molecule has 0 bridgehead atoms. The number of aromatic nitrogens is 2. The summed E-state index contributed by atoms with van der Waals surface area (Å²) in [6.45, 7) is 2.61.